The van der Waals surface area contributed by atoms with E-state index in [1.165, 1.54) is 6.07 Å². The van der Waals surface area contributed by atoms with Crippen molar-refractivity contribution in [1.82, 2.24) is 19.5 Å². The van der Waals surface area contributed by atoms with Crippen LogP contribution in [0.1, 0.15) is 17.8 Å². The van der Waals surface area contributed by atoms with Gasteiger partial charge in [0.2, 0.25) is 0 Å². The molecule has 0 amide bonds. The molecule has 0 N–H and O–H groups in total. The number of fused-ring (bicyclic) bond motifs is 3. The quantitative estimate of drug-likeness (QED) is 0.176. The molecule has 8 aromatic carbocycles. The first kappa shape index (κ1) is 17.5. The van der Waals surface area contributed by atoms with E-state index in [1.807, 2.05) is 84.9 Å². The topological polar surface area (TPSA) is 43.6 Å². The molecular weight excluding hydrogens is 597 g/mol. The van der Waals surface area contributed by atoms with Gasteiger partial charge in [0.25, 0.3) is 0 Å². The second-order valence-corrected chi connectivity index (χ2v) is 11.5. The van der Waals surface area contributed by atoms with Crippen LogP contribution in [0.4, 0.5) is 0 Å². The summed E-state index contributed by atoms with van der Waals surface area (Å²) in [7, 11) is 0. The predicted molar refractivity (Wildman–Crippen MR) is 202 cm³/mol. The van der Waals surface area contributed by atoms with Crippen LogP contribution < -0.4 is 0 Å². The Hall–Kier alpha value is -6.65. The summed E-state index contributed by atoms with van der Waals surface area (Å²) in [5.74, 6) is 0.458. The summed E-state index contributed by atoms with van der Waals surface area (Å²) in [5.41, 5.74) is 2.48. The van der Waals surface area contributed by atoms with E-state index >= 15 is 0 Å². The first-order chi connectivity index (χ1) is 29.7. The van der Waals surface area contributed by atoms with Crippen molar-refractivity contribution in [2.45, 2.75) is 0 Å². The van der Waals surface area contributed by atoms with Crippen LogP contribution in [0.2, 0.25) is 0 Å². The fourth-order valence-corrected chi connectivity index (χ4v) is 6.48. The minimum Gasteiger partial charge on any atom is -0.309 e. The molecule has 49 heavy (non-hydrogen) atoms. The molecule has 0 radical (unpaired) electrons. The van der Waals surface area contributed by atoms with Crippen LogP contribution in [-0.4, -0.2) is 19.5 Å². The van der Waals surface area contributed by atoms with Crippen molar-refractivity contribution in [2.24, 2.45) is 0 Å². The standard InChI is InChI=1S/C45H28N4/c1-4-13-29(14-5-1)30-23-25-32(26-24-30)44-46-43(31-15-6-2-7-16-31)47-45(48-44)33-27-38-36-20-11-10-19-35(36)37-21-12-22-39-41(37)42(38)40(28-33)49(39)34-17-8-3-9-18-34/h1-28H/i3D,8D,9D,10D,11D,12D,17D,18D,19D,20D,21D,22D,28D. The Morgan fingerprint density at radius 3 is 1.61 bits per heavy atom. The summed E-state index contributed by atoms with van der Waals surface area (Å²) in [6, 6.07) is 20.4. The molecule has 0 aliphatic carbocycles. The summed E-state index contributed by atoms with van der Waals surface area (Å²) in [6.45, 7) is 0. The number of hydrogen-bond acceptors (Lipinski definition) is 3. The molecule has 0 saturated heterocycles. The molecule has 0 atom stereocenters. The SMILES string of the molecule is [2H]c1c([2H])c([2H])c(-n2c3c([2H])c(-c4nc(-c5ccccc5)nc(-c5ccc(-c6ccccc6)cc5)n4)cc4c5c([2H])c([2H])c([2H])c([2H])c5c5c([2H])c([2H])c([2H])c2c5c43)c([2H])c1[2H]. The minimum atomic E-state index is -0.695. The molecular formula is C45H28N4. The molecule has 4 heteroatoms. The van der Waals surface area contributed by atoms with Gasteiger partial charge < -0.3 is 4.57 Å². The van der Waals surface area contributed by atoms with Gasteiger partial charge in [0, 0.05) is 33.2 Å². The van der Waals surface area contributed by atoms with E-state index < -0.39 is 78.2 Å². The monoisotopic (exact) mass is 637 g/mol. The Kier molecular flexibility index (Phi) is 3.91. The highest BCUT2D eigenvalue weighted by Gasteiger charge is 2.22. The molecule has 0 unspecified atom stereocenters. The van der Waals surface area contributed by atoms with Gasteiger partial charge in [-0.1, -0.05) is 139 Å². The number of nitrogens with zero attached hydrogens (tertiary/aromatic N) is 4. The number of aromatic nitrogens is 4. The van der Waals surface area contributed by atoms with Crippen LogP contribution in [0.5, 0.6) is 0 Å². The van der Waals surface area contributed by atoms with Crippen LogP contribution in [0.3, 0.4) is 0 Å². The van der Waals surface area contributed by atoms with Crippen LogP contribution >= 0.6 is 0 Å². The number of rotatable bonds is 5. The maximum atomic E-state index is 10.0. The third-order valence-corrected chi connectivity index (χ3v) is 8.68. The normalized spacial score (nSPS) is 15.4. The van der Waals surface area contributed by atoms with Crippen molar-refractivity contribution in [2.75, 3.05) is 0 Å². The first-order valence-electron chi connectivity index (χ1n) is 22.0. The molecule has 0 aliphatic rings. The van der Waals surface area contributed by atoms with Crippen molar-refractivity contribution in [1.29, 1.82) is 0 Å². The van der Waals surface area contributed by atoms with Gasteiger partial charge in [-0.05, 0) is 62.9 Å². The molecule has 228 valence electrons. The lowest BCUT2D eigenvalue weighted by molar-refractivity contribution is 1.07. The van der Waals surface area contributed by atoms with Gasteiger partial charge in [-0.3, -0.25) is 0 Å². The van der Waals surface area contributed by atoms with Crippen LogP contribution in [0.15, 0.2) is 170 Å². The van der Waals surface area contributed by atoms with E-state index in [1.54, 1.807) is 0 Å². The van der Waals surface area contributed by atoms with Crippen molar-refractivity contribution >= 4 is 43.4 Å². The molecule has 0 bridgehead atoms. The van der Waals surface area contributed by atoms with E-state index in [9.17, 15) is 4.11 Å². The van der Waals surface area contributed by atoms with E-state index in [0.717, 1.165) is 15.7 Å². The van der Waals surface area contributed by atoms with Crippen molar-refractivity contribution < 1.29 is 17.8 Å². The highest BCUT2D eigenvalue weighted by Crippen LogP contribution is 2.45. The average molecular weight is 638 g/mol. The van der Waals surface area contributed by atoms with Gasteiger partial charge in [-0.15, -0.1) is 0 Å². The molecule has 2 heterocycles. The minimum absolute atomic E-state index is 0.0243. The summed E-state index contributed by atoms with van der Waals surface area (Å²) in [5, 5.41) is 0.0645. The van der Waals surface area contributed by atoms with Crippen molar-refractivity contribution in [3.05, 3.63) is 170 Å². The number of benzene rings is 8. The van der Waals surface area contributed by atoms with Gasteiger partial charge in [0.15, 0.2) is 17.5 Å². The van der Waals surface area contributed by atoms with Crippen molar-refractivity contribution in [3.63, 3.8) is 0 Å². The third kappa shape index (κ3) is 4.42. The first-order valence-corrected chi connectivity index (χ1v) is 15.5. The maximum Gasteiger partial charge on any atom is 0.164 e. The molecule has 0 saturated carbocycles. The lowest BCUT2D eigenvalue weighted by Gasteiger charge is -2.12. The van der Waals surface area contributed by atoms with Crippen molar-refractivity contribution in [3.8, 4) is 51.0 Å². The van der Waals surface area contributed by atoms with Crippen LogP contribution in [0, 0.1) is 0 Å². The fourth-order valence-electron chi connectivity index (χ4n) is 6.48. The Morgan fingerprint density at radius 1 is 0.408 bits per heavy atom. The molecule has 2 aromatic heterocycles. The van der Waals surface area contributed by atoms with E-state index in [2.05, 4.69) is 0 Å². The lowest BCUT2D eigenvalue weighted by Crippen LogP contribution is -2.00. The summed E-state index contributed by atoms with van der Waals surface area (Å²) < 4.78 is 118. The van der Waals surface area contributed by atoms with Gasteiger partial charge in [0.05, 0.1) is 28.9 Å². The predicted octanol–water partition coefficient (Wildman–Crippen LogP) is 11.4. The molecule has 10 rings (SSSR count). The van der Waals surface area contributed by atoms with Gasteiger partial charge >= 0.3 is 0 Å². The van der Waals surface area contributed by atoms with E-state index in [4.69, 9.17) is 28.7 Å². The van der Waals surface area contributed by atoms with E-state index in [0.29, 0.717) is 11.1 Å². The van der Waals surface area contributed by atoms with Gasteiger partial charge in [-0.2, -0.15) is 0 Å². The highest BCUT2D eigenvalue weighted by molar-refractivity contribution is 6.34. The third-order valence-electron chi connectivity index (χ3n) is 8.68. The largest absolute Gasteiger partial charge is 0.309 e. The second-order valence-electron chi connectivity index (χ2n) is 11.5. The maximum absolute atomic E-state index is 10.0. The zero-order valence-corrected chi connectivity index (χ0v) is 25.4. The Bertz CT molecular complexity index is 3510. The molecule has 0 spiro atoms. The zero-order chi connectivity index (χ0) is 43.6. The zero-order valence-electron chi connectivity index (χ0n) is 38.4. The second kappa shape index (κ2) is 11.0. The Balaban J connectivity index is 1.41. The van der Waals surface area contributed by atoms with Gasteiger partial charge in [0.1, 0.15) is 0 Å². The van der Waals surface area contributed by atoms with E-state index in [-0.39, 0.29) is 72.4 Å². The molecule has 10 aromatic rings. The summed E-state index contributed by atoms with van der Waals surface area (Å²) in [6.07, 6.45) is 0. The van der Waals surface area contributed by atoms with Crippen LogP contribution in [-0.2, 0) is 0 Å². The molecule has 0 fully saturated rings. The number of hydrogen-bond donors (Lipinski definition) is 0. The average Bonchev–Trinajstić information content (AvgIpc) is 3.65. The smallest absolute Gasteiger partial charge is 0.164 e. The fraction of sp³-hybridized carbons (Fsp3) is 0. The molecule has 0 aliphatic heterocycles. The Labute approximate surface area is 301 Å². The summed E-state index contributed by atoms with van der Waals surface area (Å²) in [4.78, 5) is 14.6. The number of para-hydroxylation sites is 1. The Morgan fingerprint density at radius 2 is 0.918 bits per heavy atom. The highest BCUT2D eigenvalue weighted by atomic mass is 15.0. The van der Waals surface area contributed by atoms with Crippen LogP contribution in [0.25, 0.3) is 94.3 Å². The molecule has 4 nitrogen and oxygen atoms in total. The lowest BCUT2D eigenvalue weighted by atomic mass is 9.93. The van der Waals surface area contributed by atoms with Gasteiger partial charge in [-0.25, -0.2) is 15.0 Å². The summed E-state index contributed by atoms with van der Waals surface area (Å²) >= 11 is 0.